The Balaban J connectivity index is 0.000000222. The van der Waals surface area contributed by atoms with E-state index in [1.165, 1.54) is 60.1 Å². The average molecular weight is 781 g/mol. The van der Waals surface area contributed by atoms with Gasteiger partial charge in [0.1, 0.15) is 0 Å². The van der Waals surface area contributed by atoms with E-state index in [-0.39, 0.29) is 0 Å². The van der Waals surface area contributed by atoms with Crippen LogP contribution in [0, 0.1) is 6.07 Å². The van der Waals surface area contributed by atoms with Crippen LogP contribution >= 0.6 is 17.0 Å². The summed E-state index contributed by atoms with van der Waals surface area (Å²) in [5.41, 5.74) is 9.64. The molecule has 0 fully saturated rings. The van der Waals surface area contributed by atoms with Crippen molar-refractivity contribution >= 4 is 74.2 Å². The van der Waals surface area contributed by atoms with Gasteiger partial charge in [0, 0.05) is 0 Å². The maximum atomic E-state index is 4.93. The molecule has 6 aromatic carbocycles. The molecule has 0 saturated carbocycles. The van der Waals surface area contributed by atoms with Crippen LogP contribution in [-0.4, -0.2) is 25.7 Å². The Bertz CT molecular complexity index is 1890. The Labute approximate surface area is 305 Å². The summed E-state index contributed by atoms with van der Waals surface area (Å²) >= 11 is -0.826. The van der Waals surface area contributed by atoms with E-state index in [4.69, 9.17) is 17.0 Å². The van der Waals surface area contributed by atoms with Gasteiger partial charge in [0.15, 0.2) is 0 Å². The minimum absolute atomic E-state index is 0.795. The van der Waals surface area contributed by atoms with Crippen molar-refractivity contribution in [1.82, 2.24) is 0 Å². The SMILES string of the molecule is CCc1cc2c(-c3cc([Si](C)(C)C)cc([Si](C)(C)C)c3)c(-c3ccccc3)ccc2[cH-]1.[Cl][Zr+2][Cl].[c-]1cccc2c1[Si]c1ccccc1-2. The number of halogens is 2. The molecule has 0 atom stereocenters. The summed E-state index contributed by atoms with van der Waals surface area (Å²) < 4.78 is 0. The number of hydrogen-bond donors (Lipinski definition) is 0. The van der Waals surface area contributed by atoms with Gasteiger partial charge in [-0.05, 0) is 23.1 Å². The fourth-order valence-electron chi connectivity index (χ4n) is 6.08. The molecule has 0 saturated heterocycles. The van der Waals surface area contributed by atoms with Crippen molar-refractivity contribution in [2.24, 2.45) is 0 Å². The molecule has 0 nitrogen and oxygen atoms in total. The van der Waals surface area contributed by atoms with Crippen LogP contribution in [0.2, 0.25) is 39.3 Å². The van der Waals surface area contributed by atoms with Crippen LogP contribution in [0.4, 0.5) is 0 Å². The number of hydrogen-bond acceptors (Lipinski definition) is 0. The predicted molar refractivity (Wildman–Crippen MR) is 213 cm³/mol. The number of rotatable bonds is 5. The van der Waals surface area contributed by atoms with Crippen molar-refractivity contribution in [2.75, 3.05) is 0 Å². The molecule has 236 valence electrons. The second kappa shape index (κ2) is 15.6. The standard InChI is InChI=1S/C29H35Si2.C12H7Si.2ClH.Zr/c1-8-21-16-23-14-15-27(22-12-10-9-11-13-22)29(28(23)17-21)24-18-25(30(2,3)4)20-26(19-24)31(5,6)7;1-3-7-11-9(5-1)10-6-2-4-8-12(10)13-11;;;/h9-20H,8H2,1-7H3;1-7H;2*1H;/q2*-1;;;+4/p-2. The van der Waals surface area contributed by atoms with Crippen molar-refractivity contribution in [1.29, 1.82) is 0 Å². The zero-order chi connectivity index (χ0) is 33.8. The molecule has 47 heavy (non-hydrogen) atoms. The quantitative estimate of drug-likeness (QED) is 0.121. The van der Waals surface area contributed by atoms with Crippen LogP contribution in [0.15, 0.2) is 115 Å². The molecule has 2 radical (unpaired) electrons. The van der Waals surface area contributed by atoms with Crippen LogP contribution in [0.3, 0.4) is 0 Å². The summed E-state index contributed by atoms with van der Waals surface area (Å²) in [5.74, 6) is 0. The third kappa shape index (κ3) is 8.53. The van der Waals surface area contributed by atoms with Gasteiger partial charge in [0.05, 0.1) is 25.7 Å². The first-order valence-electron chi connectivity index (χ1n) is 16.2. The van der Waals surface area contributed by atoms with E-state index in [2.05, 4.69) is 161 Å². The summed E-state index contributed by atoms with van der Waals surface area (Å²) in [4.78, 5) is 0. The van der Waals surface area contributed by atoms with E-state index in [0.29, 0.717) is 0 Å². The van der Waals surface area contributed by atoms with Gasteiger partial charge in [-0.1, -0.05) is 152 Å². The average Bonchev–Trinajstić information content (AvgIpc) is 3.66. The van der Waals surface area contributed by atoms with E-state index < -0.39 is 37.0 Å². The maximum Gasteiger partial charge on any atom is 0.0920 e. The Hall–Kier alpha value is -2.18. The summed E-state index contributed by atoms with van der Waals surface area (Å²) in [7, 11) is 7.76. The first-order chi connectivity index (χ1) is 22.4. The Morgan fingerprint density at radius 2 is 1.30 bits per heavy atom. The summed E-state index contributed by atoms with van der Waals surface area (Å²) in [6.45, 7) is 17.1. The second-order valence-electron chi connectivity index (χ2n) is 14.1. The number of fused-ring (bicyclic) bond motifs is 4. The van der Waals surface area contributed by atoms with Gasteiger partial charge >= 0.3 is 37.9 Å². The van der Waals surface area contributed by atoms with E-state index >= 15 is 0 Å². The normalized spacial score (nSPS) is 11.9. The molecule has 7 rings (SSSR count). The van der Waals surface area contributed by atoms with Gasteiger partial charge in [0.2, 0.25) is 0 Å². The Morgan fingerprint density at radius 1 is 0.681 bits per heavy atom. The molecule has 6 aromatic rings. The third-order valence-corrected chi connectivity index (χ3v) is 14.1. The number of benzene rings is 5. The minimum Gasteiger partial charge on any atom is -0.184 e. The van der Waals surface area contributed by atoms with Gasteiger partial charge in [-0.2, -0.15) is 35.5 Å². The van der Waals surface area contributed by atoms with Crippen LogP contribution in [-0.2, 0) is 27.3 Å². The smallest absolute Gasteiger partial charge is 0.0920 e. The molecule has 0 N–H and O–H groups in total. The molecule has 0 spiro atoms. The Morgan fingerprint density at radius 3 is 1.94 bits per heavy atom. The summed E-state index contributed by atoms with van der Waals surface area (Å²) in [5, 5.41) is 8.72. The zero-order valence-electron chi connectivity index (χ0n) is 28.4. The van der Waals surface area contributed by atoms with E-state index in [9.17, 15) is 0 Å². The van der Waals surface area contributed by atoms with Crippen molar-refractivity contribution in [3.8, 4) is 33.4 Å². The molecule has 0 bridgehead atoms. The molecular weight excluding hydrogens is 739 g/mol. The van der Waals surface area contributed by atoms with E-state index in [1.54, 1.807) is 10.4 Å². The summed E-state index contributed by atoms with van der Waals surface area (Å²) in [6, 6.07) is 46.1. The van der Waals surface area contributed by atoms with Gasteiger partial charge in [0.25, 0.3) is 0 Å². The molecule has 1 aliphatic heterocycles. The van der Waals surface area contributed by atoms with Crippen LogP contribution < -0.4 is 20.7 Å². The van der Waals surface area contributed by atoms with Crippen molar-refractivity contribution < 1.29 is 20.8 Å². The summed E-state index contributed by atoms with van der Waals surface area (Å²) in [6.07, 6.45) is 1.07. The number of aryl methyl sites for hydroxylation is 1. The van der Waals surface area contributed by atoms with Crippen LogP contribution in [0.1, 0.15) is 12.5 Å². The van der Waals surface area contributed by atoms with Gasteiger partial charge in [-0.25, -0.2) is 0 Å². The molecule has 0 amide bonds. The van der Waals surface area contributed by atoms with E-state index in [1.807, 2.05) is 6.07 Å². The first kappa shape index (κ1) is 36.1. The first-order valence-corrected chi connectivity index (χ1v) is 30.5. The van der Waals surface area contributed by atoms with Crippen molar-refractivity contribution in [3.05, 3.63) is 127 Å². The molecule has 0 aliphatic carbocycles. The van der Waals surface area contributed by atoms with Crippen LogP contribution in [0.5, 0.6) is 0 Å². The molecule has 6 heteroatoms. The van der Waals surface area contributed by atoms with Gasteiger partial charge in [-0.15, -0.1) is 34.0 Å². The largest absolute Gasteiger partial charge is 0.184 e. The van der Waals surface area contributed by atoms with Gasteiger partial charge < -0.3 is 0 Å². The second-order valence-corrected chi connectivity index (χ2v) is 29.2. The Kier molecular flexibility index (Phi) is 12.0. The molecule has 1 heterocycles. The molecular formula is C41H42Cl2Si3Zr. The molecule has 1 aliphatic rings. The van der Waals surface area contributed by atoms with Crippen molar-refractivity contribution in [3.63, 3.8) is 0 Å². The minimum atomic E-state index is -1.45. The third-order valence-electron chi connectivity index (χ3n) is 8.73. The van der Waals surface area contributed by atoms with E-state index in [0.717, 1.165) is 15.9 Å². The predicted octanol–water partition coefficient (Wildman–Crippen LogP) is 10.0. The fraction of sp³-hybridized carbons (Fsp3) is 0.195. The fourth-order valence-corrected chi connectivity index (χ4v) is 9.89. The van der Waals surface area contributed by atoms with Gasteiger partial charge in [-0.3, -0.25) is 0 Å². The zero-order valence-corrected chi connectivity index (χ0v) is 35.4. The maximum absolute atomic E-state index is 4.93. The molecule has 0 aromatic heterocycles. The van der Waals surface area contributed by atoms with Crippen LogP contribution in [0.25, 0.3) is 44.2 Å². The monoisotopic (exact) mass is 778 g/mol. The van der Waals surface area contributed by atoms with Crippen molar-refractivity contribution in [2.45, 2.75) is 52.6 Å². The molecule has 0 unspecified atom stereocenters. The topological polar surface area (TPSA) is 0 Å².